The Bertz CT molecular complexity index is 605. The average Bonchev–Trinajstić information content (AvgIpc) is 2.41. The van der Waals surface area contributed by atoms with Gasteiger partial charge in [0, 0.05) is 12.0 Å². The smallest absolute Gasteiger partial charge is 0.167 e. The highest BCUT2D eigenvalue weighted by Crippen LogP contribution is 2.20. The van der Waals surface area contributed by atoms with E-state index in [2.05, 4.69) is 0 Å². The Morgan fingerprint density at radius 1 is 1.21 bits per heavy atom. The third kappa shape index (κ3) is 2.99. The van der Waals surface area contributed by atoms with E-state index in [0.29, 0.717) is 11.1 Å². The summed E-state index contributed by atoms with van der Waals surface area (Å²) in [5.74, 6) is 0.291. The molecule has 0 N–H and O–H groups in total. The highest BCUT2D eigenvalue weighted by molar-refractivity contribution is 5.97. The van der Waals surface area contributed by atoms with Gasteiger partial charge in [0.05, 0.1) is 7.11 Å². The van der Waals surface area contributed by atoms with Crippen LogP contribution in [0.5, 0.6) is 5.75 Å². The van der Waals surface area contributed by atoms with Crippen molar-refractivity contribution >= 4 is 5.78 Å². The van der Waals surface area contributed by atoms with Crippen LogP contribution >= 0.6 is 0 Å². The van der Waals surface area contributed by atoms with Crippen LogP contribution in [0.4, 0.5) is 4.39 Å². The first-order valence-corrected chi connectivity index (χ1v) is 6.03. The van der Waals surface area contributed by atoms with Gasteiger partial charge in [-0.15, -0.1) is 0 Å². The summed E-state index contributed by atoms with van der Waals surface area (Å²) in [6.45, 7) is 1.87. The summed E-state index contributed by atoms with van der Waals surface area (Å²) in [4.78, 5) is 12.1. The van der Waals surface area contributed by atoms with Gasteiger partial charge < -0.3 is 4.74 Å². The fourth-order valence-corrected chi connectivity index (χ4v) is 1.97. The first-order valence-electron chi connectivity index (χ1n) is 6.03. The molecule has 98 valence electrons. The molecule has 0 saturated heterocycles. The van der Waals surface area contributed by atoms with E-state index in [9.17, 15) is 9.18 Å². The molecule has 0 aliphatic heterocycles. The molecule has 0 aliphatic rings. The molecule has 2 aromatic rings. The summed E-state index contributed by atoms with van der Waals surface area (Å²) in [5.41, 5.74) is 1.88. The van der Waals surface area contributed by atoms with Gasteiger partial charge in [-0.1, -0.05) is 18.2 Å². The zero-order valence-corrected chi connectivity index (χ0v) is 10.9. The molecule has 0 spiro atoms. The summed E-state index contributed by atoms with van der Waals surface area (Å²) in [5, 5.41) is 0. The van der Waals surface area contributed by atoms with Crippen LogP contribution in [0, 0.1) is 12.7 Å². The van der Waals surface area contributed by atoms with Crippen molar-refractivity contribution in [3.8, 4) is 5.75 Å². The fraction of sp³-hybridized carbons (Fsp3) is 0.188. The highest BCUT2D eigenvalue weighted by Gasteiger charge is 2.11. The summed E-state index contributed by atoms with van der Waals surface area (Å²) in [6.07, 6.45) is 0.0679. The molecule has 0 unspecified atom stereocenters. The lowest BCUT2D eigenvalue weighted by atomic mass is 10.0. The van der Waals surface area contributed by atoms with Crippen molar-refractivity contribution in [1.82, 2.24) is 0 Å². The second-order valence-corrected chi connectivity index (χ2v) is 4.38. The van der Waals surface area contributed by atoms with Crippen molar-refractivity contribution in [1.29, 1.82) is 0 Å². The second kappa shape index (κ2) is 5.65. The molecule has 2 aromatic carbocycles. The topological polar surface area (TPSA) is 26.3 Å². The first-order chi connectivity index (χ1) is 9.11. The van der Waals surface area contributed by atoms with Crippen LogP contribution in [0.2, 0.25) is 0 Å². The third-order valence-electron chi connectivity index (χ3n) is 3.03. The van der Waals surface area contributed by atoms with Gasteiger partial charge in [0.25, 0.3) is 0 Å². The fourth-order valence-electron chi connectivity index (χ4n) is 1.97. The van der Waals surface area contributed by atoms with Crippen LogP contribution in [0.1, 0.15) is 21.5 Å². The van der Waals surface area contributed by atoms with Gasteiger partial charge in [-0.25, -0.2) is 4.39 Å². The molecule has 0 saturated carbocycles. The van der Waals surface area contributed by atoms with Crippen molar-refractivity contribution < 1.29 is 13.9 Å². The molecule has 2 rings (SSSR count). The van der Waals surface area contributed by atoms with Gasteiger partial charge in [0.1, 0.15) is 11.6 Å². The van der Waals surface area contributed by atoms with E-state index >= 15 is 0 Å². The SMILES string of the molecule is COc1ccc(C(=O)Cc2ccccc2F)cc1C. The van der Waals surface area contributed by atoms with Crippen LogP contribution in [-0.4, -0.2) is 12.9 Å². The lowest BCUT2D eigenvalue weighted by molar-refractivity contribution is 0.0991. The third-order valence-corrected chi connectivity index (χ3v) is 3.03. The summed E-state index contributed by atoms with van der Waals surface area (Å²) < 4.78 is 18.6. The molecule has 3 heteroatoms. The lowest BCUT2D eigenvalue weighted by Gasteiger charge is -2.07. The first kappa shape index (κ1) is 13.3. The highest BCUT2D eigenvalue weighted by atomic mass is 19.1. The van der Waals surface area contributed by atoms with Crippen molar-refractivity contribution in [2.24, 2.45) is 0 Å². The Kier molecular flexibility index (Phi) is 3.95. The molecule has 0 radical (unpaired) electrons. The van der Waals surface area contributed by atoms with E-state index in [1.165, 1.54) is 6.07 Å². The number of carbonyl (C=O) groups excluding carboxylic acids is 1. The quantitative estimate of drug-likeness (QED) is 0.784. The number of ether oxygens (including phenoxy) is 1. The zero-order chi connectivity index (χ0) is 13.8. The zero-order valence-electron chi connectivity index (χ0n) is 10.9. The average molecular weight is 258 g/mol. The molecule has 0 amide bonds. The molecular weight excluding hydrogens is 243 g/mol. The normalized spacial score (nSPS) is 10.3. The van der Waals surface area contributed by atoms with Crippen molar-refractivity contribution in [3.63, 3.8) is 0 Å². The standard InChI is InChI=1S/C16H15FO2/c1-11-9-13(7-8-16(11)19-2)15(18)10-12-5-3-4-6-14(12)17/h3-9H,10H2,1-2H3. The Morgan fingerprint density at radius 3 is 2.58 bits per heavy atom. The van der Waals surface area contributed by atoms with E-state index in [1.807, 2.05) is 6.92 Å². The molecule has 0 heterocycles. The van der Waals surface area contributed by atoms with Gasteiger partial charge in [-0.3, -0.25) is 4.79 Å². The van der Waals surface area contributed by atoms with E-state index in [4.69, 9.17) is 4.74 Å². The second-order valence-electron chi connectivity index (χ2n) is 4.38. The van der Waals surface area contributed by atoms with E-state index < -0.39 is 0 Å². The molecule has 0 atom stereocenters. The molecule has 0 aliphatic carbocycles. The number of benzene rings is 2. The van der Waals surface area contributed by atoms with Gasteiger partial charge in [-0.05, 0) is 42.3 Å². The van der Waals surface area contributed by atoms with Gasteiger partial charge in [-0.2, -0.15) is 0 Å². The number of hydrogen-bond acceptors (Lipinski definition) is 2. The number of halogens is 1. The number of methoxy groups -OCH3 is 1. The number of rotatable bonds is 4. The van der Waals surface area contributed by atoms with Crippen LogP contribution in [0.15, 0.2) is 42.5 Å². The number of carbonyl (C=O) groups is 1. The van der Waals surface area contributed by atoms with Crippen molar-refractivity contribution in [2.75, 3.05) is 7.11 Å². The number of Topliss-reactive ketones (excluding diaryl/α,β-unsaturated/α-hetero) is 1. The van der Waals surface area contributed by atoms with Crippen LogP contribution in [0.3, 0.4) is 0 Å². The number of hydrogen-bond donors (Lipinski definition) is 0. The Hall–Kier alpha value is -2.16. The molecule has 0 bridgehead atoms. The van der Waals surface area contributed by atoms with E-state index in [-0.39, 0.29) is 18.0 Å². The predicted octanol–water partition coefficient (Wildman–Crippen LogP) is 3.57. The van der Waals surface area contributed by atoms with Gasteiger partial charge in [0.2, 0.25) is 0 Å². The lowest BCUT2D eigenvalue weighted by Crippen LogP contribution is -2.05. The van der Waals surface area contributed by atoms with Crippen molar-refractivity contribution in [3.05, 3.63) is 65.0 Å². The Labute approximate surface area is 111 Å². The van der Waals surface area contributed by atoms with Gasteiger partial charge >= 0.3 is 0 Å². The maximum atomic E-state index is 13.5. The molecule has 2 nitrogen and oxygen atoms in total. The van der Waals surface area contributed by atoms with Crippen LogP contribution in [-0.2, 0) is 6.42 Å². The molecular formula is C16H15FO2. The maximum absolute atomic E-state index is 13.5. The largest absolute Gasteiger partial charge is 0.496 e. The van der Waals surface area contributed by atoms with Crippen molar-refractivity contribution in [2.45, 2.75) is 13.3 Å². The predicted molar refractivity (Wildman–Crippen MR) is 72.2 cm³/mol. The van der Waals surface area contributed by atoms with Crippen LogP contribution in [0.25, 0.3) is 0 Å². The minimum absolute atomic E-state index is 0.0679. The molecule has 19 heavy (non-hydrogen) atoms. The van der Waals surface area contributed by atoms with Crippen LogP contribution < -0.4 is 4.74 Å². The Morgan fingerprint density at radius 2 is 1.95 bits per heavy atom. The Balaban J connectivity index is 2.21. The van der Waals surface area contributed by atoms with Gasteiger partial charge in [0.15, 0.2) is 5.78 Å². The molecule has 0 aromatic heterocycles. The monoisotopic (exact) mass is 258 g/mol. The van der Waals surface area contributed by atoms with E-state index in [1.54, 1.807) is 43.5 Å². The minimum atomic E-state index is -0.346. The molecule has 0 fully saturated rings. The number of aryl methyl sites for hydroxylation is 1. The van der Waals surface area contributed by atoms with E-state index in [0.717, 1.165) is 11.3 Å². The summed E-state index contributed by atoms with van der Waals surface area (Å²) in [7, 11) is 1.59. The summed E-state index contributed by atoms with van der Waals surface area (Å²) >= 11 is 0. The summed E-state index contributed by atoms with van der Waals surface area (Å²) in [6, 6.07) is 11.6. The number of ketones is 1. The maximum Gasteiger partial charge on any atom is 0.167 e. The minimum Gasteiger partial charge on any atom is -0.496 e.